The van der Waals surface area contributed by atoms with Crippen molar-refractivity contribution in [1.29, 1.82) is 0 Å². The van der Waals surface area contributed by atoms with Gasteiger partial charge in [-0.1, -0.05) is 18.2 Å². The summed E-state index contributed by atoms with van der Waals surface area (Å²) in [5.74, 6) is -0.630. The Bertz CT molecular complexity index is 1020. The normalized spacial score (nSPS) is 16.1. The van der Waals surface area contributed by atoms with Crippen LogP contribution in [0.15, 0.2) is 52.4 Å². The molecule has 1 unspecified atom stereocenters. The van der Waals surface area contributed by atoms with E-state index in [4.69, 9.17) is 0 Å². The molecule has 1 aromatic heterocycles. The number of aromatic amines is 1. The molecular formula is C17H12FN3O2S. The Hall–Kier alpha value is -2.67. The summed E-state index contributed by atoms with van der Waals surface area (Å²) in [6.45, 7) is 0. The molecule has 24 heavy (non-hydrogen) atoms. The number of halogens is 1. The van der Waals surface area contributed by atoms with Crippen molar-refractivity contribution in [2.75, 3.05) is 11.1 Å². The van der Waals surface area contributed by atoms with Crippen molar-refractivity contribution >= 4 is 34.3 Å². The Balaban J connectivity index is 1.67. The Labute approximate surface area is 140 Å². The number of rotatable bonds is 2. The highest BCUT2D eigenvalue weighted by Crippen LogP contribution is 2.39. The van der Waals surface area contributed by atoms with Crippen LogP contribution in [0.2, 0.25) is 0 Å². The number of benzene rings is 2. The number of amides is 1. The minimum Gasteiger partial charge on any atom is -0.323 e. The number of thioether (sulfide) groups is 1. The van der Waals surface area contributed by atoms with Crippen LogP contribution in [0.25, 0.3) is 10.9 Å². The fourth-order valence-electron chi connectivity index (χ4n) is 2.78. The average molecular weight is 341 g/mol. The van der Waals surface area contributed by atoms with Gasteiger partial charge in [0.2, 0.25) is 5.91 Å². The smallest absolute Gasteiger partial charge is 0.258 e. The molecule has 2 aromatic carbocycles. The van der Waals surface area contributed by atoms with E-state index < -0.39 is 5.82 Å². The monoisotopic (exact) mass is 341 g/mol. The molecule has 7 heteroatoms. The lowest BCUT2D eigenvalue weighted by molar-refractivity contribution is -0.117. The zero-order valence-corrected chi connectivity index (χ0v) is 13.2. The Morgan fingerprint density at radius 3 is 3.04 bits per heavy atom. The quantitative estimate of drug-likeness (QED) is 0.752. The Morgan fingerprint density at radius 1 is 1.33 bits per heavy atom. The first-order valence-corrected chi connectivity index (χ1v) is 8.31. The standard InChI is InChI=1S/C17H12FN3O2S/c18-12-6-13-10(16(22)20-8-19-13)5-14(12)21-17(23)11-7-24-15-4-2-1-3-9(11)15/h1-6,8,11H,7H2,(H,21,23)(H,19,20,22). The van der Waals surface area contributed by atoms with Crippen LogP contribution in [-0.4, -0.2) is 21.6 Å². The van der Waals surface area contributed by atoms with Gasteiger partial charge in [0.05, 0.1) is 28.8 Å². The highest BCUT2D eigenvalue weighted by molar-refractivity contribution is 7.99. The molecule has 1 aliphatic heterocycles. The van der Waals surface area contributed by atoms with Crippen molar-refractivity contribution in [2.24, 2.45) is 0 Å². The van der Waals surface area contributed by atoms with Crippen LogP contribution in [0, 0.1) is 5.82 Å². The molecule has 0 fully saturated rings. The Kier molecular flexibility index (Phi) is 3.57. The maximum Gasteiger partial charge on any atom is 0.258 e. The van der Waals surface area contributed by atoms with E-state index in [1.165, 1.54) is 12.4 Å². The molecule has 1 amide bonds. The minimum absolute atomic E-state index is 0.0135. The molecule has 0 aliphatic carbocycles. The molecule has 0 saturated heterocycles. The van der Waals surface area contributed by atoms with Gasteiger partial charge in [-0.2, -0.15) is 0 Å². The number of aromatic nitrogens is 2. The number of hydrogen-bond donors (Lipinski definition) is 2. The van der Waals surface area contributed by atoms with Crippen molar-refractivity contribution in [1.82, 2.24) is 9.97 Å². The van der Waals surface area contributed by atoms with E-state index >= 15 is 0 Å². The highest BCUT2D eigenvalue weighted by Gasteiger charge is 2.29. The first-order chi connectivity index (χ1) is 11.6. The summed E-state index contributed by atoms with van der Waals surface area (Å²) in [5.41, 5.74) is 0.800. The summed E-state index contributed by atoms with van der Waals surface area (Å²) in [6, 6.07) is 10.2. The van der Waals surface area contributed by atoms with Crippen LogP contribution >= 0.6 is 11.8 Å². The first kappa shape index (κ1) is 14.9. The van der Waals surface area contributed by atoms with E-state index in [0.717, 1.165) is 16.5 Å². The van der Waals surface area contributed by atoms with Crippen LogP contribution < -0.4 is 10.9 Å². The molecule has 1 aliphatic rings. The van der Waals surface area contributed by atoms with Gasteiger partial charge in [0.1, 0.15) is 5.82 Å². The SMILES string of the molecule is O=C(Nc1cc2c(=O)[nH]cnc2cc1F)C1CSc2ccccc21. The van der Waals surface area contributed by atoms with E-state index in [0.29, 0.717) is 5.75 Å². The number of nitrogens with one attached hydrogen (secondary N) is 2. The third-order valence-electron chi connectivity index (χ3n) is 4.00. The van der Waals surface area contributed by atoms with Crippen molar-refractivity contribution < 1.29 is 9.18 Å². The predicted octanol–water partition coefficient (Wildman–Crippen LogP) is 2.89. The number of fused-ring (bicyclic) bond motifs is 2. The lowest BCUT2D eigenvalue weighted by Gasteiger charge is -2.12. The fraction of sp³-hybridized carbons (Fsp3) is 0.118. The van der Waals surface area contributed by atoms with Crippen molar-refractivity contribution in [3.63, 3.8) is 0 Å². The van der Waals surface area contributed by atoms with Gasteiger partial charge in [-0.15, -0.1) is 11.8 Å². The second kappa shape index (κ2) is 5.76. The highest BCUT2D eigenvalue weighted by atomic mass is 32.2. The van der Waals surface area contributed by atoms with E-state index in [2.05, 4.69) is 15.3 Å². The molecule has 0 bridgehead atoms. The number of carbonyl (C=O) groups is 1. The maximum atomic E-state index is 14.2. The molecule has 0 spiro atoms. The molecule has 2 N–H and O–H groups in total. The molecule has 3 aromatic rings. The molecule has 2 heterocycles. The minimum atomic E-state index is -0.618. The van der Waals surface area contributed by atoms with E-state index in [1.807, 2.05) is 24.3 Å². The van der Waals surface area contributed by atoms with Crippen LogP contribution in [-0.2, 0) is 4.79 Å². The number of nitrogens with zero attached hydrogens (tertiary/aromatic N) is 1. The zero-order chi connectivity index (χ0) is 16.7. The van der Waals surface area contributed by atoms with Gasteiger partial charge >= 0.3 is 0 Å². The van der Waals surface area contributed by atoms with Crippen LogP contribution in [0.3, 0.4) is 0 Å². The second-order valence-corrected chi connectivity index (χ2v) is 6.53. The van der Waals surface area contributed by atoms with Crippen molar-refractivity contribution in [3.05, 3.63) is 64.5 Å². The van der Waals surface area contributed by atoms with Gasteiger partial charge in [0, 0.05) is 16.7 Å². The first-order valence-electron chi connectivity index (χ1n) is 7.33. The zero-order valence-electron chi connectivity index (χ0n) is 12.4. The summed E-state index contributed by atoms with van der Waals surface area (Å²) < 4.78 is 14.2. The van der Waals surface area contributed by atoms with Gasteiger partial charge in [0.25, 0.3) is 5.56 Å². The fourth-order valence-corrected chi connectivity index (χ4v) is 4.01. The van der Waals surface area contributed by atoms with Crippen molar-refractivity contribution in [3.8, 4) is 0 Å². The third-order valence-corrected chi connectivity index (χ3v) is 5.19. The average Bonchev–Trinajstić information content (AvgIpc) is 3.00. The second-order valence-electron chi connectivity index (χ2n) is 5.47. The van der Waals surface area contributed by atoms with Gasteiger partial charge in [0.15, 0.2) is 0 Å². The molecular weight excluding hydrogens is 329 g/mol. The van der Waals surface area contributed by atoms with Gasteiger partial charge in [-0.05, 0) is 17.7 Å². The lowest BCUT2D eigenvalue weighted by atomic mass is 10.0. The number of H-pyrrole nitrogens is 1. The maximum absolute atomic E-state index is 14.2. The lowest BCUT2D eigenvalue weighted by Crippen LogP contribution is -2.22. The number of anilines is 1. The van der Waals surface area contributed by atoms with Crippen LogP contribution in [0.1, 0.15) is 11.5 Å². The van der Waals surface area contributed by atoms with E-state index in [1.54, 1.807) is 11.8 Å². The van der Waals surface area contributed by atoms with Gasteiger partial charge in [-0.25, -0.2) is 9.37 Å². The van der Waals surface area contributed by atoms with Crippen LogP contribution in [0.5, 0.6) is 0 Å². The predicted molar refractivity (Wildman–Crippen MR) is 90.9 cm³/mol. The molecule has 1 atom stereocenters. The van der Waals surface area contributed by atoms with E-state index in [-0.39, 0.29) is 34.0 Å². The van der Waals surface area contributed by atoms with Crippen LogP contribution in [0.4, 0.5) is 10.1 Å². The van der Waals surface area contributed by atoms with Gasteiger partial charge in [-0.3, -0.25) is 9.59 Å². The van der Waals surface area contributed by atoms with E-state index in [9.17, 15) is 14.0 Å². The summed E-state index contributed by atoms with van der Waals surface area (Å²) >= 11 is 1.60. The number of hydrogen-bond acceptors (Lipinski definition) is 4. The largest absolute Gasteiger partial charge is 0.323 e. The molecule has 4 rings (SSSR count). The molecule has 0 radical (unpaired) electrons. The Morgan fingerprint density at radius 2 is 2.17 bits per heavy atom. The van der Waals surface area contributed by atoms with Gasteiger partial charge < -0.3 is 10.3 Å². The topological polar surface area (TPSA) is 74.8 Å². The molecule has 0 saturated carbocycles. The summed E-state index contributed by atoms with van der Waals surface area (Å²) in [5, 5.41) is 2.84. The number of carbonyl (C=O) groups excluding carboxylic acids is 1. The summed E-state index contributed by atoms with van der Waals surface area (Å²) in [7, 11) is 0. The summed E-state index contributed by atoms with van der Waals surface area (Å²) in [4.78, 5) is 31.8. The molecule has 5 nitrogen and oxygen atoms in total. The molecule has 120 valence electrons. The third kappa shape index (κ3) is 2.46. The van der Waals surface area contributed by atoms with Crippen molar-refractivity contribution in [2.45, 2.75) is 10.8 Å². The summed E-state index contributed by atoms with van der Waals surface area (Å²) in [6.07, 6.45) is 1.22.